The van der Waals surface area contributed by atoms with Crippen molar-refractivity contribution in [2.45, 2.75) is 0 Å². The van der Waals surface area contributed by atoms with Gasteiger partial charge in [0.2, 0.25) is 10.0 Å². The Morgan fingerprint density at radius 2 is 1.40 bits per heavy atom. The number of aliphatic hydroxyl groups excluding tert-OH is 1. The molecule has 25 heavy (non-hydrogen) atoms. The van der Waals surface area contributed by atoms with E-state index in [9.17, 15) is 8.42 Å². The normalized spacial score (nSPS) is 20.9. The van der Waals surface area contributed by atoms with E-state index < -0.39 is 10.0 Å². The number of nitrogens with zero attached hydrogens (tertiary/aromatic N) is 6. The average molecular weight is 370 g/mol. The summed E-state index contributed by atoms with van der Waals surface area (Å²) in [6.07, 6.45) is 1.25. The van der Waals surface area contributed by atoms with Crippen molar-refractivity contribution >= 4 is 21.7 Å². The monoisotopic (exact) mass is 370 g/mol. The summed E-state index contributed by atoms with van der Waals surface area (Å²) in [6, 6.07) is 3.94. The molecule has 0 atom stereocenters. The number of β-amino-alcohol motifs (C(OH)–C–C–N with tert-alkyl or cyclic N) is 1. The average Bonchev–Trinajstić information content (AvgIpc) is 2.62. The fourth-order valence-electron chi connectivity index (χ4n) is 3.25. The SMILES string of the molecule is CS(=O)(=O)N1CCN(c2ccc(N3CCN(CCO)CC3)nn2)CC1. The topological polar surface area (TPSA) is 93.1 Å². The minimum Gasteiger partial charge on any atom is -0.395 e. The van der Waals surface area contributed by atoms with E-state index in [4.69, 9.17) is 5.11 Å². The van der Waals surface area contributed by atoms with Gasteiger partial charge < -0.3 is 14.9 Å². The van der Waals surface area contributed by atoms with E-state index in [1.807, 2.05) is 12.1 Å². The first kappa shape index (κ1) is 18.3. The predicted octanol–water partition coefficient (Wildman–Crippen LogP) is -1.33. The third-order valence-corrected chi connectivity index (χ3v) is 6.08. The number of anilines is 2. The van der Waals surface area contributed by atoms with Crippen molar-refractivity contribution in [1.82, 2.24) is 19.4 Å². The summed E-state index contributed by atoms with van der Waals surface area (Å²) in [5.74, 6) is 1.65. The lowest BCUT2D eigenvalue weighted by atomic mass is 10.3. The molecule has 0 radical (unpaired) electrons. The Hall–Kier alpha value is -1.49. The lowest BCUT2D eigenvalue weighted by Crippen LogP contribution is -2.49. The molecule has 1 aromatic heterocycles. The standard InChI is InChI=1S/C15H26N6O3S/c1-25(23,24)21-10-8-20(9-11-21)15-3-2-14(16-17-15)19-6-4-18(5-7-19)12-13-22/h2-3,22H,4-13H2,1H3. The Morgan fingerprint density at radius 3 is 1.80 bits per heavy atom. The number of rotatable bonds is 5. The third-order valence-electron chi connectivity index (χ3n) is 4.78. The van der Waals surface area contributed by atoms with Crippen molar-refractivity contribution in [1.29, 1.82) is 0 Å². The Labute approximate surface area is 148 Å². The van der Waals surface area contributed by atoms with E-state index in [0.717, 1.165) is 44.4 Å². The molecular formula is C15H26N6O3S. The number of hydrogen-bond donors (Lipinski definition) is 1. The van der Waals surface area contributed by atoms with E-state index >= 15 is 0 Å². The van der Waals surface area contributed by atoms with Crippen molar-refractivity contribution in [3.63, 3.8) is 0 Å². The maximum absolute atomic E-state index is 11.6. The zero-order chi connectivity index (χ0) is 17.9. The summed E-state index contributed by atoms with van der Waals surface area (Å²) in [6.45, 7) is 6.71. The first-order valence-electron chi connectivity index (χ1n) is 8.59. The van der Waals surface area contributed by atoms with Crippen LogP contribution in [0.5, 0.6) is 0 Å². The quantitative estimate of drug-likeness (QED) is 0.682. The molecule has 1 aromatic rings. The molecule has 0 aliphatic carbocycles. The van der Waals surface area contributed by atoms with Gasteiger partial charge in [0.25, 0.3) is 0 Å². The first-order valence-corrected chi connectivity index (χ1v) is 10.4. The van der Waals surface area contributed by atoms with Gasteiger partial charge in [-0.25, -0.2) is 8.42 Å². The second-order valence-electron chi connectivity index (χ2n) is 6.45. The van der Waals surface area contributed by atoms with E-state index in [-0.39, 0.29) is 6.61 Å². The number of piperazine rings is 2. The van der Waals surface area contributed by atoms with Crippen LogP contribution in [0.15, 0.2) is 12.1 Å². The zero-order valence-electron chi connectivity index (χ0n) is 14.6. The Kier molecular flexibility index (Phi) is 5.72. The summed E-state index contributed by atoms with van der Waals surface area (Å²) >= 11 is 0. The predicted molar refractivity (Wildman–Crippen MR) is 96.4 cm³/mol. The highest BCUT2D eigenvalue weighted by molar-refractivity contribution is 7.88. The molecule has 0 amide bonds. The van der Waals surface area contributed by atoms with Gasteiger partial charge in [-0.2, -0.15) is 4.31 Å². The van der Waals surface area contributed by atoms with Crippen LogP contribution in [0.3, 0.4) is 0 Å². The minimum atomic E-state index is -3.12. The minimum absolute atomic E-state index is 0.196. The van der Waals surface area contributed by atoms with E-state index in [1.54, 1.807) is 0 Å². The van der Waals surface area contributed by atoms with Gasteiger partial charge in [-0.15, -0.1) is 10.2 Å². The van der Waals surface area contributed by atoms with Crippen LogP contribution in [0.25, 0.3) is 0 Å². The smallest absolute Gasteiger partial charge is 0.211 e. The summed E-state index contributed by atoms with van der Waals surface area (Å²) < 4.78 is 24.6. The molecule has 3 heterocycles. The van der Waals surface area contributed by atoms with Gasteiger partial charge in [-0.05, 0) is 12.1 Å². The summed E-state index contributed by atoms with van der Waals surface area (Å²) in [4.78, 5) is 6.50. The van der Waals surface area contributed by atoms with Crippen molar-refractivity contribution in [3.8, 4) is 0 Å². The van der Waals surface area contributed by atoms with E-state index in [2.05, 4.69) is 24.9 Å². The summed E-state index contributed by atoms with van der Waals surface area (Å²) in [5.41, 5.74) is 0. The fourth-order valence-corrected chi connectivity index (χ4v) is 4.07. The second-order valence-corrected chi connectivity index (χ2v) is 8.43. The lowest BCUT2D eigenvalue weighted by molar-refractivity contribution is 0.188. The molecule has 0 unspecified atom stereocenters. The van der Waals surface area contributed by atoms with Crippen molar-refractivity contribution in [2.75, 3.05) is 81.6 Å². The van der Waals surface area contributed by atoms with Crippen LogP contribution in [-0.4, -0.2) is 105 Å². The van der Waals surface area contributed by atoms with Gasteiger partial charge in [0.05, 0.1) is 12.9 Å². The van der Waals surface area contributed by atoms with Gasteiger partial charge in [-0.1, -0.05) is 0 Å². The van der Waals surface area contributed by atoms with Crippen LogP contribution in [-0.2, 0) is 10.0 Å². The molecule has 0 aromatic carbocycles. The molecular weight excluding hydrogens is 344 g/mol. The maximum Gasteiger partial charge on any atom is 0.211 e. The van der Waals surface area contributed by atoms with Crippen molar-refractivity contribution in [2.24, 2.45) is 0 Å². The van der Waals surface area contributed by atoms with Gasteiger partial charge in [-0.3, -0.25) is 4.90 Å². The number of hydrogen-bond acceptors (Lipinski definition) is 8. The highest BCUT2D eigenvalue weighted by Crippen LogP contribution is 2.18. The molecule has 1 N–H and O–H groups in total. The Morgan fingerprint density at radius 1 is 0.920 bits per heavy atom. The molecule has 0 spiro atoms. The van der Waals surface area contributed by atoms with Crippen LogP contribution in [0, 0.1) is 0 Å². The van der Waals surface area contributed by atoms with Gasteiger partial charge in [0.15, 0.2) is 11.6 Å². The Balaban J connectivity index is 1.55. The first-order chi connectivity index (χ1) is 12.0. The Bertz CT molecular complexity index is 652. The van der Waals surface area contributed by atoms with Crippen LogP contribution in [0.2, 0.25) is 0 Å². The van der Waals surface area contributed by atoms with Crippen LogP contribution in [0.4, 0.5) is 11.6 Å². The second kappa shape index (κ2) is 7.81. The summed E-state index contributed by atoms with van der Waals surface area (Å²) in [5, 5.41) is 17.7. The van der Waals surface area contributed by atoms with Crippen LogP contribution in [0.1, 0.15) is 0 Å². The fraction of sp³-hybridized carbons (Fsp3) is 0.733. The van der Waals surface area contributed by atoms with Crippen molar-refractivity contribution in [3.05, 3.63) is 12.1 Å². The van der Waals surface area contributed by atoms with Crippen molar-refractivity contribution < 1.29 is 13.5 Å². The molecule has 140 valence electrons. The van der Waals surface area contributed by atoms with Gasteiger partial charge >= 0.3 is 0 Å². The molecule has 0 bridgehead atoms. The van der Waals surface area contributed by atoms with Crippen LogP contribution >= 0.6 is 0 Å². The van der Waals surface area contributed by atoms with Crippen LogP contribution < -0.4 is 9.80 Å². The molecule has 9 nitrogen and oxygen atoms in total. The largest absolute Gasteiger partial charge is 0.395 e. The van der Waals surface area contributed by atoms with Gasteiger partial charge in [0.1, 0.15) is 0 Å². The molecule has 10 heteroatoms. The molecule has 2 aliphatic rings. The number of aromatic nitrogens is 2. The number of sulfonamides is 1. The molecule has 3 rings (SSSR count). The van der Waals surface area contributed by atoms with Gasteiger partial charge in [0, 0.05) is 58.9 Å². The highest BCUT2D eigenvalue weighted by Gasteiger charge is 2.24. The maximum atomic E-state index is 11.6. The molecule has 2 aliphatic heterocycles. The third kappa shape index (κ3) is 4.57. The zero-order valence-corrected chi connectivity index (χ0v) is 15.4. The molecule has 2 saturated heterocycles. The molecule has 0 saturated carbocycles. The summed E-state index contributed by atoms with van der Waals surface area (Å²) in [7, 11) is -3.12. The highest BCUT2D eigenvalue weighted by atomic mass is 32.2. The molecule has 2 fully saturated rings. The van der Waals surface area contributed by atoms with E-state index in [1.165, 1.54) is 10.6 Å². The van der Waals surface area contributed by atoms with E-state index in [0.29, 0.717) is 26.2 Å². The lowest BCUT2D eigenvalue weighted by Gasteiger charge is -2.35. The number of aliphatic hydroxyl groups is 1.